The number of nitrogens with zero attached hydrogens (tertiary/aromatic N) is 1. The summed E-state index contributed by atoms with van der Waals surface area (Å²) < 4.78 is 0. The van der Waals surface area contributed by atoms with Crippen molar-refractivity contribution in [3.63, 3.8) is 0 Å². The van der Waals surface area contributed by atoms with Crippen LogP contribution in [0.3, 0.4) is 0 Å². The second kappa shape index (κ2) is 16.3. The van der Waals surface area contributed by atoms with E-state index < -0.39 is 0 Å². The normalized spacial score (nSPS) is 11.1. The van der Waals surface area contributed by atoms with Crippen molar-refractivity contribution < 1.29 is 0 Å². The van der Waals surface area contributed by atoms with Crippen molar-refractivity contribution in [3.8, 4) is 33.4 Å². The number of para-hydroxylation sites is 1. The van der Waals surface area contributed by atoms with Crippen LogP contribution in [-0.4, -0.2) is 7.05 Å². The van der Waals surface area contributed by atoms with Crippen LogP contribution in [0.1, 0.15) is 81.9 Å². The van der Waals surface area contributed by atoms with E-state index in [2.05, 4.69) is 148 Å². The first-order valence-electron chi connectivity index (χ1n) is 17.3. The fourth-order valence-corrected chi connectivity index (χ4v) is 6.28. The van der Waals surface area contributed by atoms with E-state index in [1.165, 1.54) is 113 Å². The summed E-state index contributed by atoms with van der Waals surface area (Å²) in [7, 11) is 2.13. The van der Waals surface area contributed by atoms with Gasteiger partial charge in [0.25, 0.3) is 0 Å². The van der Waals surface area contributed by atoms with Gasteiger partial charge in [-0.1, -0.05) is 131 Å². The topological polar surface area (TPSA) is 3.24 Å². The molecule has 0 saturated carbocycles. The van der Waals surface area contributed by atoms with Crippen LogP contribution in [0, 0.1) is 6.92 Å². The first-order valence-corrected chi connectivity index (χ1v) is 17.3. The summed E-state index contributed by atoms with van der Waals surface area (Å²) in [5.41, 5.74) is 14.3. The Morgan fingerprint density at radius 2 is 0.867 bits per heavy atom. The molecule has 5 aromatic rings. The van der Waals surface area contributed by atoms with E-state index in [1.807, 2.05) is 0 Å². The first-order chi connectivity index (χ1) is 22.0. The molecule has 0 N–H and O–H groups in total. The maximum atomic E-state index is 2.49. The molecule has 1 heteroatoms. The Balaban J connectivity index is 1.53. The number of rotatable bonds is 15. The molecule has 0 saturated heterocycles. The summed E-state index contributed by atoms with van der Waals surface area (Å²) >= 11 is 0. The van der Waals surface area contributed by atoms with Crippen molar-refractivity contribution in [1.29, 1.82) is 0 Å². The van der Waals surface area contributed by atoms with Crippen LogP contribution in [0.4, 0.5) is 11.4 Å². The molecule has 1 nitrogen and oxygen atoms in total. The van der Waals surface area contributed by atoms with Crippen molar-refractivity contribution >= 4 is 11.4 Å². The predicted octanol–water partition coefficient (Wildman–Crippen LogP) is 13.0. The van der Waals surface area contributed by atoms with Gasteiger partial charge in [0.2, 0.25) is 0 Å². The minimum absolute atomic E-state index is 1.16. The molecule has 0 aliphatic rings. The third-order valence-electron chi connectivity index (χ3n) is 9.07. The van der Waals surface area contributed by atoms with Gasteiger partial charge in [0.1, 0.15) is 0 Å². The van der Waals surface area contributed by atoms with Crippen LogP contribution in [0.25, 0.3) is 33.4 Å². The van der Waals surface area contributed by atoms with E-state index in [0.29, 0.717) is 0 Å². The standard InChI is InChI=1S/C44H51N/c1-5-7-9-12-16-35-28-36(17-13-10-8-6-2)30-39(29-35)42-32-40(37-22-20-34(3)21-23-37)31-41(33-42)38-24-26-44(27-25-38)45(4)43-18-14-11-15-19-43/h11,14-15,18-33H,5-10,12-13,16-17H2,1-4H3. The van der Waals surface area contributed by atoms with Crippen LogP contribution in [-0.2, 0) is 12.8 Å². The summed E-state index contributed by atoms with van der Waals surface area (Å²) in [5, 5.41) is 0. The van der Waals surface area contributed by atoms with Gasteiger partial charge in [0, 0.05) is 18.4 Å². The van der Waals surface area contributed by atoms with E-state index in [0.717, 1.165) is 12.8 Å². The van der Waals surface area contributed by atoms with Gasteiger partial charge < -0.3 is 4.90 Å². The summed E-state index contributed by atoms with van der Waals surface area (Å²) in [6.45, 7) is 6.75. The zero-order valence-corrected chi connectivity index (χ0v) is 28.0. The molecule has 0 amide bonds. The van der Waals surface area contributed by atoms with Gasteiger partial charge in [-0.2, -0.15) is 0 Å². The number of unbranched alkanes of at least 4 members (excludes halogenated alkanes) is 6. The van der Waals surface area contributed by atoms with Crippen molar-refractivity contribution in [2.75, 3.05) is 11.9 Å². The molecular formula is C44H51N. The zero-order chi connectivity index (χ0) is 31.4. The fraction of sp³-hybridized carbons (Fsp3) is 0.318. The molecule has 5 rings (SSSR count). The molecule has 0 aliphatic carbocycles. The average molecular weight is 594 g/mol. The number of aryl methyl sites for hydroxylation is 3. The summed E-state index contributed by atoms with van der Waals surface area (Å²) in [6.07, 6.45) is 12.7. The summed E-state index contributed by atoms with van der Waals surface area (Å²) in [6, 6.07) is 43.2. The highest BCUT2D eigenvalue weighted by atomic mass is 15.1. The van der Waals surface area contributed by atoms with Crippen molar-refractivity contribution in [2.24, 2.45) is 0 Å². The molecule has 0 fully saturated rings. The third-order valence-corrected chi connectivity index (χ3v) is 9.07. The molecule has 0 unspecified atom stereocenters. The maximum Gasteiger partial charge on any atom is 0.0408 e. The summed E-state index contributed by atoms with van der Waals surface area (Å²) in [4.78, 5) is 2.24. The van der Waals surface area contributed by atoms with E-state index in [1.54, 1.807) is 0 Å². The number of hydrogen-bond donors (Lipinski definition) is 0. The molecule has 0 aromatic heterocycles. The minimum Gasteiger partial charge on any atom is -0.345 e. The van der Waals surface area contributed by atoms with Crippen molar-refractivity contribution in [1.82, 2.24) is 0 Å². The Morgan fingerprint density at radius 1 is 0.422 bits per heavy atom. The summed E-state index contributed by atoms with van der Waals surface area (Å²) in [5.74, 6) is 0. The molecule has 0 bridgehead atoms. The van der Waals surface area contributed by atoms with Gasteiger partial charge in [-0.25, -0.2) is 0 Å². The molecule has 0 atom stereocenters. The van der Waals surface area contributed by atoms with Gasteiger partial charge in [-0.15, -0.1) is 0 Å². The van der Waals surface area contributed by atoms with Crippen molar-refractivity contribution in [2.45, 2.75) is 85.0 Å². The van der Waals surface area contributed by atoms with Gasteiger partial charge >= 0.3 is 0 Å². The lowest BCUT2D eigenvalue weighted by Crippen LogP contribution is -2.08. The molecule has 0 radical (unpaired) electrons. The molecular weight excluding hydrogens is 542 g/mol. The molecule has 45 heavy (non-hydrogen) atoms. The Kier molecular flexibility index (Phi) is 11.7. The van der Waals surface area contributed by atoms with Gasteiger partial charge in [-0.05, 0) is 120 Å². The molecule has 0 aliphatic heterocycles. The second-order valence-electron chi connectivity index (χ2n) is 12.8. The second-order valence-corrected chi connectivity index (χ2v) is 12.8. The molecule has 5 aromatic carbocycles. The Labute approximate surface area is 273 Å². The largest absolute Gasteiger partial charge is 0.345 e. The highest BCUT2D eigenvalue weighted by Gasteiger charge is 2.11. The first kappa shape index (κ1) is 32.3. The highest BCUT2D eigenvalue weighted by molar-refractivity contribution is 5.82. The van der Waals surface area contributed by atoms with Crippen LogP contribution >= 0.6 is 0 Å². The van der Waals surface area contributed by atoms with Crippen LogP contribution in [0.5, 0.6) is 0 Å². The predicted molar refractivity (Wildman–Crippen MR) is 198 cm³/mol. The van der Waals surface area contributed by atoms with Gasteiger partial charge in [0.05, 0.1) is 0 Å². The number of hydrogen-bond acceptors (Lipinski definition) is 1. The monoisotopic (exact) mass is 593 g/mol. The van der Waals surface area contributed by atoms with Crippen LogP contribution in [0.2, 0.25) is 0 Å². The van der Waals surface area contributed by atoms with E-state index in [9.17, 15) is 0 Å². The van der Waals surface area contributed by atoms with Crippen LogP contribution in [0.15, 0.2) is 115 Å². The lowest BCUT2D eigenvalue weighted by atomic mass is 9.90. The highest BCUT2D eigenvalue weighted by Crippen LogP contribution is 2.35. The Morgan fingerprint density at radius 3 is 1.38 bits per heavy atom. The average Bonchev–Trinajstić information content (AvgIpc) is 3.09. The fourth-order valence-electron chi connectivity index (χ4n) is 6.28. The lowest BCUT2D eigenvalue weighted by molar-refractivity contribution is 0.661. The van der Waals surface area contributed by atoms with Gasteiger partial charge in [0.15, 0.2) is 0 Å². The SMILES string of the molecule is CCCCCCc1cc(CCCCCC)cc(-c2cc(-c3ccc(C)cc3)cc(-c3ccc(N(C)c4ccccc4)cc3)c2)c1. The quantitative estimate of drug-likeness (QED) is 0.109. The van der Waals surface area contributed by atoms with Crippen LogP contribution < -0.4 is 4.90 Å². The Bertz CT molecular complexity index is 1580. The van der Waals surface area contributed by atoms with Crippen molar-refractivity contribution in [3.05, 3.63) is 132 Å². The third kappa shape index (κ3) is 8.98. The minimum atomic E-state index is 1.16. The van der Waals surface area contributed by atoms with Gasteiger partial charge in [-0.3, -0.25) is 0 Å². The van der Waals surface area contributed by atoms with E-state index >= 15 is 0 Å². The molecule has 232 valence electrons. The molecule has 0 heterocycles. The number of benzene rings is 5. The number of anilines is 2. The Hall–Kier alpha value is -4.10. The molecule has 0 spiro atoms. The van der Waals surface area contributed by atoms with E-state index in [4.69, 9.17) is 0 Å². The zero-order valence-electron chi connectivity index (χ0n) is 28.0. The maximum absolute atomic E-state index is 2.49. The van der Waals surface area contributed by atoms with E-state index in [-0.39, 0.29) is 0 Å². The lowest BCUT2D eigenvalue weighted by Gasteiger charge is -2.20. The smallest absolute Gasteiger partial charge is 0.0408 e.